The fraction of sp³-hybridized carbons (Fsp3) is 0.200. The van der Waals surface area contributed by atoms with E-state index in [9.17, 15) is 13.7 Å². The number of sulfonamides is 1. The Hall–Kier alpha value is -2.86. The molecule has 1 aromatic heterocycles. The number of piperazine rings is 1. The van der Waals surface area contributed by atoms with Crippen molar-refractivity contribution < 1.29 is 12.8 Å². The number of hydrogen-bond donors (Lipinski definition) is 0. The van der Waals surface area contributed by atoms with E-state index in [1.54, 1.807) is 12.1 Å². The molecule has 1 saturated heterocycles. The third-order valence-corrected chi connectivity index (χ3v) is 6.88. The fourth-order valence-electron chi connectivity index (χ4n) is 3.19. The van der Waals surface area contributed by atoms with Crippen molar-refractivity contribution in [3.63, 3.8) is 0 Å². The molecule has 9 heteroatoms. The van der Waals surface area contributed by atoms with Crippen LogP contribution in [0.5, 0.6) is 0 Å². The highest BCUT2D eigenvalue weighted by Crippen LogP contribution is 2.29. The first-order chi connectivity index (χ1) is 14.0. The number of anilines is 1. The van der Waals surface area contributed by atoms with Gasteiger partial charge >= 0.3 is 0 Å². The van der Waals surface area contributed by atoms with Crippen LogP contribution in [0, 0.1) is 11.3 Å². The number of halogens is 1. The highest BCUT2D eigenvalue weighted by atomic mass is 35.5. The third kappa shape index (κ3) is 3.85. The van der Waals surface area contributed by atoms with Gasteiger partial charge in [0.2, 0.25) is 27.5 Å². The van der Waals surface area contributed by atoms with Gasteiger partial charge in [-0.15, -0.1) is 0 Å². The Morgan fingerprint density at radius 1 is 1.00 bits per heavy atom. The van der Waals surface area contributed by atoms with E-state index in [0.29, 0.717) is 29.9 Å². The Labute approximate surface area is 173 Å². The summed E-state index contributed by atoms with van der Waals surface area (Å²) in [4.78, 5) is 6.34. The number of nitriles is 1. The topological polar surface area (TPSA) is 90.4 Å². The molecule has 2 aromatic carbocycles. The number of benzene rings is 2. The van der Waals surface area contributed by atoms with Crippen LogP contribution in [-0.4, -0.2) is 43.9 Å². The van der Waals surface area contributed by atoms with Crippen LogP contribution in [0.2, 0.25) is 5.02 Å². The minimum absolute atomic E-state index is 0.192. The molecule has 0 saturated carbocycles. The summed E-state index contributed by atoms with van der Waals surface area (Å²) >= 11 is 5.85. The average molecular weight is 429 g/mol. The zero-order valence-electron chi connectivity index (χ0n) is 15.3. The van der Waals surface area contributed by atoms with Crippen LogP contribution in [-0.2, 0) is 10.0 Å². The highest BCUT2D eigenvalue weighted by Gasteiger charge is 2.31. The van der Waals surface area contributed by atoms with Gasteiger partial charge < -0.3 is 9.32 Å². The molecule has 148 valence electrons. The molecule has 0 amide bonds. The molecule has 0 unspecified atom stereocenters. The van der Waals surface area contributed by atoms with E-state index in [-0.39, 0.29) is 23.7 Å². The molecule has 0 atom stereocenters. The maximum Gasteiger partial charge on any atom is 0.243 e. The van der Waals surface area contributed by atoms with Gasteiger partial charge in [0.15, 0.2) is 0 Å². The second-order valence-corrected chi connectivity index (χ2v) is 8.87. The first kappa shape index (κ1) is 19.5. The zero-order chi connectivity index (χ0) is 20.4. The molecule has 0 bridgehead atoms. The lowest BCUT2D eigenvalue weighted by atomic mass is 10.2. The Balaban J connectivity index is 1.52. The van der Waals surface area contributed by atoms with Gasteiger partial charge in [-0.2, -0.15) is 14.6 Å². The molecule has 4 rings (SSSR count). The van der Waals surface area contributed by atoms with Crippen molar-refractivity contribution in [3.8, 4) is 17.5 Å². The first-order valence-electron chi connectivity index (χ1n) is 8.96. The summed E-state index contributed by atoms with van der Waals surface area (Å²) in [5, 5.41) is 9.93. The summed E-state index contributed by atoms with van der Waals surface area (Å²) in [6.45, 7) is 1.34. The van der Waals surface area contributed by atoms with Gasteiger partial charge in [-0.1, -0.05) is 29.8 Å². The maximum atomic E-state index is 12.8. The Kier molecular flexibility index (Phi) is 5.28. The van der Waals surface area contributed by atoms with Gasteiger partial charge in [-0.05, 0) is 36.4 Å². The van der Waals surface area contributed by atoms with E-state index in [4.69, 9.17) is 16.0 Å². The van der Waals surface area contributed by atoms with E-state index in [1.165, 1.54) is 16.4 Å². The fourth-order valence-corrected chi connectivity index (χ4v) is 4.74. The van der Waals surface area contributed by atoms with Gasteiger partial charge in [-0.3, -0.25) is 0 Å². The molecule has 0 N–H and O–H groups in total. The van der Waals surface area contributed by atoms with Gasteiger partial charge in [0.25, 0.3) is 0 Å². The Morgan fingerprint density at radius 2 is 1.66 bits per heavy atom. The molecule has 29 heavy (non-hydrogen) atoms. The van der Waals surface area contributed by atoms with Crippen molar-refractivity contribution in [1.82, 2.24) is 9.29 Å². The predicted octanol–water partition coefficient (Wildman–Crippen LogP) is 3.38. The largest absolute Gasteiger partial charge is 0.419 e. The van der Waals surface area contributed by atoms with Crippen LogP contribution in [0.25, 0.3) is 11.5 Å². The van der Waals surface area contributed by atoms with E-state index in [1.807, 2.05) is 35.2 Å². The minimum Gasteiger partial charge on any atom is -0.419 e. The van der Waals surface area contributed by atoms with E-state index < -0.39 is 10.0 Å². The molecule has 2 heterocycles. The third-order valence-electron chi connectivity index (χ3n) is 4.71. The molecule has 0 radical (unpaired) electrons. The SMILES string of the molecule is N#Cc1nc(-c2ccccc2)oc1N1CCN(S(=O)(=O)c2ccc(Cl)cc2)CC1. The van der Waals surface area contributed by atoms with Crippen molar-refractivity contribution in [2.24, 2.45) is 0 Å². The lowest BCUT2D eigenvalue weighted by Crippen LogP contribution is -2.48. The lowest BCUT2D eigenvalue weighted by Gasteiger charge is -2.33. The molecular formula is C20H17ClN4O3S. The summed E-state index contributed by atoms with van der Waals surface area (Å²) in [7, 11) is -3.60. The van der Waals surface area contributed by atoms with Crippen LogP contribution in [0.3, 0.4) is 0 Å². The van der Waals surface area contributed by atoms with Crippen LogP contribution >= 0.6 is 11.6 Å². The van der Waals surface area contributed by atoms with Gasteiger partial charge in [0.05, 0.1) is 4.90 Å². The summed E-state index contributed by atoms with van der Waals surface area (Å²) in [6, 6.07) is 17.5. The van der Waals surface area contributed by atoms with Crippen LogP contribution in [0.15, 0.2) is 63.9 Å². The van der Waals surface area contributed by atoms with Gasteiger partial charge in [-0.25, -0.2) is 8.42 Å². The van der Waals surface area contributed by atoms with Crippen molar-refractivity contribution >= 4 is 27.5 Å². The minimum atomic E-state index is -3.60. The predicted molar refractivity (Wildman–Crippen MR) is 109 cm³/mol. The van der Waals surface area contributed by atoms with Crippen LogP contribution in [0.4, 0.5) is 5.88 Å². The Bertz CT molecular complexity index is 1150. The molecule has 7 nitrogen and oxygen atoms in total. The second kappa shape index (κ2) is 7.87. The molecule has 1 aliphatic rings. The highest BCUT2D eigenvalue weighted by molar-refractivity contribution is 7.89. The smallest absolute Gasteiger partial charge is 0.243 e. The monoisotopic (exact) mass is 428 g/mol. The molecular weight excluding hydrogens is 412 g/mol. The number of nitrogens with zero attached hydrogens (tertiary/aromatic N) is 4. The van der Waals surface area contributed by atoms with Crippen molar-refractivity contribution in [2.45, 2.75) is 4.90 Å². The van der Waals surface area contributed by atoms with Crippen LogP contribution in [0.1, 0.15) is 5.69 Å². The number of rotatable bonds is 4. The normalized spacial score (nSPS) is 15.2. The van der Waals surface area contributed by atoms with Gasteiger partial charge in [0.1, 0.15) is 6.07 Å². The van der Waals surface area contributed by atoms with Crippen molar-refractivity contribution in [2.75, 3.05) is 31.1 Å². The lowest BCUT2D eigenvalue weighted by molar-refractivity contribution is 0.374. The van der Waals surface area contributed by atoms with Gasteiger partial charge in [0, 0.05) is 36.8 Å². The molecule has 1 fully saturated rings. The second-order valence-electron chi connectivity index (χ2n) is 6.50. The van der Waals surface area contributed by atoms with E-state index in [2.05, 4.69) is 11.1 Å². The average Bonchev–Trinajstić information content (AvgIpc) is 3.19. The summed E-state index contributed by atoms with van der Waals surface area (Å²) in [5.41, 5.74) is 0.970. The molecule has 1 aliphatic heterocycles. The summed E-state index contributed by atoms with van der Waals surface area (Å²) in [5.74, 6) is 0.739. The number of oxazole rings is 1. The quantitative estimate of drug-likeness (QED) is 0.632. The zero-order valence-corrected chi connectivity index (χ0v) is 16.9. The number of aromatic nitrogens is 1. The Morgan fingerprint density at radius 3 is 2.28 bits per heavy atom. The molecule has 0 spiro atoms. The van der Waals surface area contributed by atoms with Crippen molar-refractivity contribution in [1.29, 1.82) is 5.26 Å². The van der Waals surface area contributed by atoms with E-state index in [0.717, 1.165) is 5.56 Å². The maximum absolute atomic E-state index is 12.8. The summed E-state index contributed by atoms with van der Waals surface area (Å²) < 4.78 is 32.9. The van der Waals surface area contributed by atoms with E-state index >= 15 is 0 Å². The summed E-state index contributed by atoms with van der Waals surface area (Å²) in [6.07, 6.45) is 0. The van der Waals surface area contributed by atoms with Crippen molar-refractivity contribution in [3.05, 3.63) is 65.3 Å². The molecule has 3 aromatic rings. The standard InChI is InChI=1S/C20H17ClN4O3S/c21-16-6-8-17(9-7-16)29(26,27)25-12-10-24(11-13-25)20-18(14-22)23-19(28-20)15-4-2-1-3-5-15/h1-9H,10-13H2. The number of hydrogen-bond acceptors (Lipinski definition) is 6. The molecule has 0 aliphatic carbocycles. The first-order valence-corrected chi connectivity index (χ1v) is 10.8. The van der Waals surface area contributed by atoms with Crippen LogP contribution < -0.4 is 4.90 Å².